The van der Waals surface area contributed by atoms with Gasteiger partial charge >= 0.3 is 0 Å². The average Bonchev–Trinajstić information content (AvgIpc) is 2.96. The van der Waals surface area contributed by atoms with Gasteiger partial charge in [0.2, 0.25) is 11.8 Å². The Kier molecular flexibility index (Phi) is 9.44. The lowest BCUT2D eigenvalue weighted by molar-refractivity contribution is -0.139. The number of likely N-dealkylation sites (N-methyl/N-ethyl adjacent to an activating group) is 1. The smallest absolute Gasteiger partial charge is 0.264 e. The number of amides is 2. The van der Waals surface area contributed by atoms with Crippen LogP contribution < -0.4 is 19.1 Å². The number of anilines is 1. The van der Waals surface area contributed by atoms with Crippen molar-refractivity contribution < 1.29 is 27.5 Å². The molecule has 9 nitrogen and oxygen atoms in total. The van der Waals surface area contributed by atoms with Gasteiger partial charge in [0.15, 0.2) is 11.5 Å². The van der Waals surface area contributed by atoms with E-state index in [1.165, 1.54) is 23.1 Å². The highest BCUT2D eigenvalue weighted by Gasteiger charge is 2.33. The Hall–Kier alpha value is -3.47. The first-order valence-electron chi connectivity index (χ1n) is 12.6. The van der Waals surface area contributed by atoms with E-state index in [1.54, 1.807) is 62.4 Å². The van der Waals surface area contributed by atoms with Crippen molar-refractivity contribution in [2.45, 2.75) is 31.3 Å². The molecule has 212 valence electrons. The number of carbonyl (C=O) groups excluding carboxylic acids is 2. The molecule has 3 aromatic carbocycles. The van der Waals surface area contributed by atoms with Crippen LogP contribution in [0.1, 0.15) is 19.4 Å². The van der Waals surface area contributed by atoms with Gasteiger partial charge in [-0.05, 0) is 55.8 Å². The molecule has 0 saturated carbocycles. The maximum absolute atomic E-state index is 13.9. The fraction of sp³-hybridized carbons (Fsp3) is 0.286. The zero-order valence-electron chi connectivity index (χ0n) is 22.0. The monoisotopic (exact) mass is 605 g/mol. The molecule has 40 heavy (non-hydrogen) atoms. The van der Waals surface area contributed by atoms with Crippen molar-refractivity contribution in [1.29, 1.82) is 0 Å². The number of fused-ring (bicyclic) bond motifs is 1. The van der Waals surface area contributed by atoms with Gasteiger partial charge in [0, 0.05) is 19.2 Å². The largest absolute Gasteiger partial charge is 0.486 e. The molecule has 2 amide bonds. The Morgan fingerprint density at radius 2 is 1.65 bits per heavy atom. The number of benzene rings is 3. The summed E-state index contributed by atoms with van der Waals surface area (Å²) < 4.78 is 40.0. The van der Waals surface area contributed by atoms with Crippen molar-refractivity contribution in [3.05, 3.63) is 82.3 Å². The number of halogens is 2. The molecule has 4 rings (SSSR count). The van der Waals surface area contributed by atoms with E-state index in [2.05, 4.69) is 5.32 Å². The third-order valence-electron chi connectivity index (χ3n) is 6.28. The summed E-state index contributed by atoms with van der Waals surface area (Å²) in [6, 6.07) is 16.5. The summed E-state index contributed by atoms with van der Waals surface area (Å²) in [5, 5.41) is 3.36. The maximum Gasteiger partial charge on any atom is 0.264 e. The minimum atomic E-state index is -4.20. The number of ether oxygens (including phenoxy) is 2. The highest BCUT2D eigenvalue weighted by atomic mass is 35.5. The van der Waals surface area contributed by atoms with Crippen LogP contribution in [0, 0.1) is 0 Å². The SMILES string of the molecule is CCNC(=O)[C@H](C)N(Cc1ccc(Cl)c(Cl)c1)C(=O)CN(c1ccc2c(c1)OCCO2)S(=O)(=O)c1ccccc1. The molecular weight excluding hydrogens is 577 g/mol. The van der Waals surface area contributed by atoms with E-state index in [4.69, 9.17) is 32.7 Å². The topological polar surface area (TPSA) is 105 Å². The van der Waals surface area contributed by atoms with Gasteiger partial charge in [-0.2, -0.15) is 0 Å². The van der Waals surface area contributed by atoms with Crippen LogP contribution >= 0.6 is 23.2 Å². The molecule has 1 aliphatic heterocycles. The van der Waals surface area contributed by atoms with E-state index in [1.807, 2.05) is 0 Å². The van der Waals surface area contributed by atoms with Gasteiger partial charge in [0.25, 0.3) is 10.0 Å². The predicted molar refractivity (Wildman–Crippen MR) is 154 cm³/mol. The molecule has 0 bridgehead atoms. The van der Waals surface area contributed by atoms with Crippen molar-refractivity contribution in [2.24, 2.45) is 0 Å². The molecule has 0 saturated heterocycles. The lowest BCUT2D eigenvalue weighted by atomic mass is 10.1. The molecular formula is C28H29Cl2N3O6S. The van der Waals surface area contributed by atoms with Crippen LogP contribution in [0.3, 0.4) is 0 Å². The van der Waals surface area contributed by atoms with Crippen LogP contribution in [0.25, 0.3) is 0 Å². The number of rotatable bonds is 10. The maximum atomic E-state index is 13.9. The molecule has 0 aliphatic carbocycles. The van der Waals surface area contributed by atoms with Crippen LogP contribution in [0.2, 0.25) is 10.0 Å². The quantitative estimate of drug-likeness (QED) is 0.364. The number of carbonyl (C=O) groups is 2. The summed E-state index contributed by atoms with van der Waals surface area (Å²) in [6.07, 6.45) is 0. The van der Waals surface area contributed by atoms with E-state index in [0.717, 1.165) is 4.31 Å². The summed E-state index contributed by atoms with van der Waals surface area (Å²) in [5.74, 6) is -0.135. The molecule has 0 radical (unpaired) electrons. The van der Waals surface area contributed by atoms with E-state index in [-0.39, 0.29) is 23.0 Å². The predicted octanol–water partition coefficient (Wildman–Crippen LogP) is 4.51. The third kappa shape index (κ3) is 6.63. The van der Waals surface area contributed by atoms with Crippen LogP contribution in [0.15, 0.2) is 71.6 Å². The summed E-state index contributed by atoms with van der Waals surface area (Å²) in [5.41, 5.74) is 0.831. The standard InChI is InChI=1S/C28H29Cl2N3O6S/c1-3-31-28(35)19(2)32(17-20-9-11-23(29)24(30)15-20)27(34)18-33(40(36,37)22-7-5-4-6-8-22)21-10-12-25-26(16-21)39-14-13-38-25/h4-12,15-16,19H,3,13-14,17-18H2,1-2H3,(H,31,35)/t19-/m0/s1. The molecule has 0 aromatic heterocycles. The Balaban J connectivity index is 1.74. The van der Waals surface area contributed by atoms with Gasteiger partial charge in [0.05, 0.1) is 20.6 Å². The Labute approximate surface area is 243 Å². The van der Waals surface area contributed by atoms with E-state index < -0.39 is 28.5 Å². The van der Waals surface area contributed by atoms with Crippen LogP contribution in [0.5, 0.6) is 11.5 Å². The number of hydrogen-bond donors (Lipinski definition) is 1. The molecule has 1 heterocycles. The Bertz CT molecular complexity index is 1490. The van der Waals surface area contributed by atoms with E-state index >= 15 is 0 Å². The highest BCUT2D eigenvalue weighted by Crippen LogP contribution is 2.36. The first kappa shape index (κ1) is 29.5. The van der Waals surface area contributed by atoms with E-state index in [0.29, 0.717) is 46.9 Å². The van der Waals surface area contributed by atoms with Crippen molar-refractivity contribution in [2.75, 3.05) is 30.6 Å². The fourth-order valence-corrected chi connectivity index (χ4v) is 5.92. The number of nitrogens with zero attached hydrogens (tertiary/aromatic N) is 2. The van der Waals surface area contributed by atoms with Gasteiger partial charge in [-0.3, -0.25) is 13.9 Å². The summed E-state index contributed by atoms with van der Waals surface area (Å²) in [4.78, 5) is 28.1. The molecule has 0 unspecified atom stereocenters. The van der Waals surface area contributed by atoms with Crippen molar-refractivity contribution >= 4 is 50.7 Å². The summed E-state index contributed by atoms with van der Waals surface area (Å²) >= 11 is 12.3. The average molecular weight is 607 g/mol. The van der Waals surface area contributed by atoms with E-state index in [9.17, 15) is 18.0 Å². The molecule has 0 spiro atoms. The molecule has 12 heteroatoms. The molecule has 1 aliphatic rings. The highest BCUT2D eigenvalue weighted by molar-refractivity contribution is 7.92. The number of hydrogen-bond acceptors (Lipinski definition) is 6. The second-order valence-corrected chi connectivity index (χ2v) is 11.7. The zero-order chi connectivity index (χ0) is 28.9. The summed E-state index contributed by atoms with van der Waals surface area (Å²) in [7, 11) is -4.20. The van der Waals surface area contributed by atoms with Gasteiger partial charge in [-0.25, -0.2) is 8.42 Å². The van der Waals surface area contributed by atoms with Crippen molar-refractivity contribution in [3.8, 4) is 11.5 Å². The van der Waals surface area contributed by atoms with Crippen molar-refractivity contribution in [1.82, 2.24) is 10.2 Å². The third-order valence-corrected chi connectivity index (χ3v) is 8.81. The van der Waals surface area contributed by atoms with Gasteiger partial charge in [-0.1, -0.05) is 47.5 Å². The first-order chi connectivity index (χ1) is 19.1. The lowest BCUT2D eigenvalue weighted by Gasteiger charge is -2.32. The van der Waals surface area contributed by atoms with Crippen molar-refractivity contribution in [3.63, 3.8) is 0 Å². The van der Waals surface area contributed by atoms with Gasteiger partial charge < -0.3 is 19.7 Å². The minimum absolute atomic E-state index is 0.00509. The Morgan fingerprint density at radius 1 is 0.950 bits per heavy atom. The summed E-state index contributed by atoms with van der Waals surface area (Å²) in [6.45, 7) is 3.81. The van der Waals surface area contributed by atoms with Gasteiger partial charge in [-0.15, -0.1) is 0 Å². The Morgan fingerprint density at radius 3 is 2.33 bits per heavy atom. The minimum Gasteiger partial charge on any atom is -0.486 e. The van der Waals surface area contributed by atoms with Gasteiger partial charge in [0.1, 0.15) is 25.8 Å². The fourth-order valence-electron chi connectivity index (χ4n) is 4.17. The zero-order valence-corrected chi connectivity index (χ0v) is 24.3. The second-order valence-electron chi connectivity index (χ2n) is 8.99. The number of sulfonamides is 1. The number of nitrogens with one attached hydrogen (secondary N) is 1. The van der Waals surface area contributed by atoms with Crippen LogP contribution in [0.4, 0.5) is 5.69 Å². The first-order valence-corrected chi connectivity index (χ1v) is 14.8. The molecule has 0 fully saturated rings. The van der Waals surface area contributed by atoms with Crippen LogP contribution in [-0.2, 0) is 26.2 Å². The van der Waals surface area contributed by atoms with Crippen LogP contribution in [-0.4, -0.2) is 57.5 Å². The molecule has 3 aromatic rings. The lowest BCUT2D eigenvalue weighted by Crippen LogP contribution is -2.51. The normalized spacial score (nSPS) is 13.3. The molecule has 1 N–H and O–H groups in total. The molecule has 1 atom stereocenters. The second kappa shape index (κ2) is 12.8.